The van der Waals surface area contributed by atoms with Crippen LogP contribution in [0.2, 0.25) is 0 Å². The van der Waals surface area contributed by atoms with Gasteiger partial charge >= 0.3 is 0 Å². The summed E-state index contributed by atoms with van der Waals surface area (Å²) in [5.74, 6) is 0.107. The van der Waals surface area contributed by atoms with Crippen molar-refractivity contribution in [3.63, 3.8) is 0 Å². The molecule has 1 aromatic rings. The summed E-state index contributed by atoms with van der Waals surface area (Å²) in [7, 11) is 0. The first-order chi connectivity index (χ1) is 8.02. The highest BCUT2D eigenvalue weighted by Crippen LogP contribution is 2.05. The third-order valence-electron chi connectivity index (χ3n) is 2.88. The van der Waals surface area contributed by atoms with Gasteiger partial charge in [-0.3, -0.25) is 9.89 Å². The van der Waals surface area contributed by atoms with E-state index >= 15 is 0 Å². The quantitative estimate of drug-likeness (QED) is 0.639. The van der Waals surface area contributed by atoms with E-state index in [1.54, 1.807) is 0 Å². The second-order valence-electron chi connectivity index (χ2n) is 4.68. The molecule has 4 N–H and O–H groups in total. The number of carbonyl (C=O) groups excluding carboxylic acids is 1. The van der Waals surface area contributed by atoms with Crippen molar-refractivity contribution in [2.75, 3.05) is 6.54 Å². The van der Waals surface area contributed by atoms with Crippen molar-refractivity contribution in [2.45, 2.75) is 39.7 Å². The van der Waals surface area contributed by atoms with Crippen molar-refractivity contribution < 1.29 is 4.79 Å². The predicted octanol–water partition coefficient (Wildman–Crippen LogP) is 0.750. The summed E-state index contributed by atoms with van der Waals surface area (Å²) < 4.78 is 0. The Bertz CT molecular complexity index is 359. The van der Waals surface area contributed by atoms with Crippen LogP contribution < -0.4 is 11.1 Å². The van der Waals surface area contributed by atoms with Crippen molar-refractivity contribution >= 4 is 5.91 Å². The Morgan fingerprint density at radius 2 is 2.29 bits per heavy atom. The highest BCUT2D eigenvalue weighted by Gasteiger charge is 2.16. The third kappa shape index (κ3) is 4.19. The molecule has 1 aromatic heterocycles. The Labute approximate surface area is 102 Å². The molecule has 0 spiro atoms. The van der Waals surface area contributed by atoms with Gasteiger partial charge in [0.15, 0.2) is 0 Å². The lowest BCUT2D eigenvalue weighted by atomic mass is 10.0. The molecule has 0 aliphatic carbocycles. The van der Waals surface area contributed by atoms with Gasteiger partial charge in [-0.05, 0) is 31.2 Å². The Hall–Kier alpha value is -1.36. The molecule has 0 aromatic carbocycles. The van der Waals surface area contributed by atoms with Gasteiger partial charge < -0.3 is 11.1 Å². The molecule has 17 heavy (non-hydrogen) atoms. The Kier molecular flexibility index (Phi) is 5.15. The van der Waals surface area contributed by atoms with Crippen molar-refractivity contribution in [2.24, 2.45) is 11.7 Å². The van der Waals surface area contributed by atoms with E-state index in [9.17, 15) is 4.79 Å². The minimum Gasteiger partial charge on any atom is -0.355 e. The number of hydrogen-bond acceptors (Lipinski definition) is 3. The van der Waals surface area contributed by atoms with Crippen LogP contribution in [0, 0.1) is 12.8 Å². The highest BCUT2D eigenvalue weighted by molar-refractivity contribution is 5.81. The summed E-state index contributed by atoms with van der Waals surface area (Å²) in [6, 6.07) is -0.411. The van der Waals surface area contributed by atoms with Crippen LogP contribution in [0.4, 0.5) is 0 Å². The lowest BCUT2D eigenvalue weighted by molar-refractivity contribution is -0.123. The van der Waals surface area contributed by atoms with Gasteiger partial charge in [0.1, 0.15) is 0 Å². The number of aromatic nitrogens is 2. The molecule has 1 heterocycles. The number of aromatic amines is 1. The zero-order valence-corrected chi connectivity index (χ0v) is 10.8. The molecule has 5 heteroatoms. The lowest BCUT2D eigenvalue weighted by Crippen LogP contribution is -2.44. The number of hydrogen-bond donors (Lipinski definition) is 3. The molecule has 0 unspecified atom stereocenters. The fraction of sp³-hybridized carbons (Fsp3) is 0.667. The maximum Gasteiger partial charge on any atom is 0.237 e. The number of aryl methyl sites for hydroxylation is 2. The molecular weight excluding hydrogens is 216 g/mol. The number of amides is 1. The molecule has 0 saturated carbocycles. The minimum absolute atomic E-state index is 0.0658. The van der Waals surface area contributed by atoms with Crippen molar-refractivity contribution in [3.8, 4) is 0 Å². The first-order valence-electron chi connectivity index (χ1n) is 6.04. The van der Waals surface area contributed by atoms with Crippen LogP contribution >= 0.6 is 0 Å². The zero-order valence-electron chi connectivity index (χ0n) is 10.8. The summed E-state index contributed by atoms with van der Waals surface area (Å²) in [5, 5.41) is 9.70. The Morgan fingerprint density at radius 1 is 1.59 bits per heavy atom. The van der Waals surface area contributed by atoms with E-state index in [-0.39, 0.29) is 11.8 Å². The molecule has 1 atom stereocenters. The molecule has 1 amide bonds. The van der Waals surface area contributed by atoms with Crippen molar-refractivity contribution in [1.82, 2.24) is 15.5 Å². The maximum atomic E-state index is 11.6. The van der Waals surface area contributed by atoms with E-state index in [0.717, 1.165) is 18.5 Å². The number of carbonyl (C=O) groups is 1. The van der Waals surface area contributed by atoms with Gasteiger partial charge in [0.05, 0.1) is 12.2 Å². The molecule has 0 fully saturated rings. The van der Waals surface area contributed by atoms with Crippen molar-refractivity contribution in [3.05, 3.63) is 17.5 Å². The maximum absolute atomic E-state index is 11.6. The number of nitrogens with two attached hydrogens (primary N) is 1. The summed E-state index contributed by atoms with van der Waals surface area (Å²) in [6.07, 6.45) is 3.65. The molecule has 96 valence electrons. The molecule has 5 nitrogen and oxygen atoms in total. The monoisotopic (exact) mass is 238 g/mol. The minimum atomic E-state index is -0.411. The average molecular weight is 238 g/mol. The molecule has 1 rings (SSSR count). The number of H-pyrrole nitrogens is 1. The van der Waals surface area contributed by atoms with Crippen LogP contribution in [0.1, 0.15) is 31.5 Å². The predicted molar refractivity (Wildman–Crippen MR) is 67.5 cm³/mol. The summed E-state index contributed by atoms with van der Waals surface area (Å²) in [4.78, 5) is 11.6. The van der Waals surface area contributed by atoms with Crippen LogP contribution in [0.5, 0.6) is 0 Å². The van der Waals surface area contributed by atoms with Crippen LogP contribution in [0.15, 0.2) is 6.20 Å². The molecule has 0 saturated heterocycles. The van der Waals surface area contributed by atoms with Gasteiger partial charge in [0.2, 0.25) is 5.91 Å². The van der Waals surface area contributed by atoms with Gasteiger partial charge in [-0.15, -0.1) is 0 Å². The van der Waals surface area contributed by atoms with E-state index in [4.69, 9.17) is 5.73 Å². The standard InChI is InChI=1S/C12H22N4O/c1-8(2)11(13)12(17)14-6-4-5-10-7-15-16-9(10)3/h7-8,11H,4-6,13H2,1-3H3,(H,14,17)(H,15,16)/t11-/m1/s1. The van der Waals surface area contributed by atoms with Gasteiger partial charge in [0.25, 0.3) is 0 Å². The Morgan fingerprint density at radius 3 is 2.82 bits per heavy atom. The fourth-order valence-electron chi connectivity index (χ4n) is 1.54. The zero-order chi connectivity index (χ0) is 12.8. The van der Waals surface area contributed by atoms with Gasteiger partial charge in [-0.25, -0.2) is 0 Å². The first kappa shape index (κ1) is 13.7. The second-order valence-corrected chi connectivity index (χ2v) is 4.68. The van der Waals surface area contributed by atoms with E-state index < -0.39 is 6.04 Å². The number of rotatable bonds is 6. The van der Waals surface area contributed by atoms with Crippen LogP contribution in [-0.4, -0.2) is 28.7 Å². The summed E-state index contributed by atoms with van der Waals surface area (Å²) >= 11 is 0. The third-order valence-corrected chi connectivity index (χ3v) is 2.88. The second kappa shape index (κ2) is 6.39. The van der Waals surface area contributed by atoms with Crippen LogP contribution in [0.25, 0.3) is 0 Å². The Balaban J connectivity index is 2.21. The van der Waals surface area contributed by atoms with Gasteiger partial charge in [0, 0.05) is 12.2 Å². The normalized spacial score (nSPS) is 12.8. The number of nitrogens with zero attached hydrogens (tertiary/aromatic N) is 1. The SMILES string of the molecule is Cc1[nH]ncc1CCCNC(=O)[C@H](N)C(C)C. The fourth-order valence-corrected chi connectivity index (χ4v) is 1.54. The topological polar surface area (TPSA) is 83.8 Å². The largest absolute Gasteiger partial charge is 0.355 e. The molecule has 0 radical (unpaired) electrons. The average Bonchev–Trinajstić information content (AvgIpc) is 2.69. The van der Waals surface area contributed by atoms with Gasteiger partial charge in [-0.2, -0.15) is 5.10 Å². The van der Waals surface area contributed by atoms with E-state index in [2.05, 4.69) is 15.5 Å². The molecular formula is C12H22N4O. The smallest absolute Gasteiger partial charge is 0.237 e. The van der Waals surface area contributed by atoms with Crippen LogP contribution in [-0.2, 0) is 11.2 Å². The first-order valence-corrected chi connectivity index (χ1v) is 6.04. The van der Waals surface area contributed by atoms with E-state index in [1.807, 2.05) is 27.0 Å². The van der Waals surface area contributed by atoms with Gasteiger partial charge in [-0.1, -0.05) is 13.8 Å². The summed E-state index contributed by atoms with van der Waals surface area (Å²) in [6.45, 7) is 6.54. The molecule has 0 aliphatic rings. The summed E-state index contributed by atoms with van der Waals surface area (Å²) in [5.41, 5.74) is 8.03. The van der Waals surface area contributed by atoms with Crippen molar-refractivity contribution in [1.29, 1.82) is 0 Å². The van der Waals surface area contributed by atoms with E-state index in [1.165, 1.54) is 5.56 Å². The number of nitrogens with one attached hydrogen (secondary N) is 2. The van der Waals surface area contributed by atoms with Crippen LogP contribution in [0.3, 0.4) is 0 Å². The molecule has 0 aliphatic heterocycles. The molecule has 0 bridgehead atoms. The highest BCUT2D eigenvalue weighted by atomic mass is 16.2. The lowest BCUT2D eigenvalue weighted by Gasteiger charge is -2.15. The van der Waals surface area contributed by atoms with E-state index in [0.29, 0.717) is 6.54 Å².